The molecule has 1 saturated heterocycles. The predicted octanol–water partition coefficient (Wildman–Crippen LogP) is 1.27. The van der Waals surface area contributed by atoms with E-state index >= 15 is 0 Å². The molecule has 0 unspecified atom stereocenters. The van der Waals surface area contributed by atoms with Crippen LogP contribution in [0.2, 0.25) is 0 Å². The van der Waals surface area contributed by atoms with Crippen LogP contribution >= 0.6 is 0 Å². The van der Waals surface area contributed by atoms with Crippen LogP contribution in [0.5, 0.6) is 0 Å². The molecule has 1 aliphatic rings. The highest BCUT2D eigenvalue weighted by atomic mass is 32.2. The lowest BCUT2D eigenvalue weighted by molar-refractivity contribution is -0.127. The number of hydrogen-bond donors (Lipinski definition) is 1. The maximum absolute atomic E-state index is 13.3. The van der Waals surface area contributed by atoms with Gasteiger partial charge in [0.2, 0.25) is 15.9 Å². The number of anilines is 1. The number of benzene rings is 1. The number of carbonyl (C=O) groups is 1. The third-order valence-corrected chi connectivity index (χ3v) is 4.99. The summed E-state index contributed by atoms with van der Waals surface area (Å²) in [6.07, 6.45) is 2.23. The fourth-order valence-electron chi connectivity index (χ4n) is 2.51. The van der Waals surface area contributed by atoms with Gasteiger partial charge in [0.05, 0.1) is 18.5 Å². The minimum atomic E-state index is -3.70. The summed E-state index contributed by atoms with van der Waals surface area (Å²) in [7, 11) is -3.70. The van der Waals surface area contributed by atoms with Gasteiger partial charge in [-0.05, 0) is 25.0 Å². The SMILES string of the molecule is CS(=O)(=O)N(CCNC(=O)C1CCOCC1)c1ccc(F)c(F)c1. The smallest absolute Gasteiger partial charge is 0.232 e. The summed E-state index contributed by atoms with van der Waals surface area (Å²) in [6, 6.07) is 2.86. The second-order valence-corrected chi connectivity index (χ2v) is 7.52. The third-order valence-electron chi connectivity index (χ3n) is 3.80. The molecule has 0 atom stereocenters. The van der Waals surface area contributed by atoms with Crippen molar-refractivity contribution in [3.05, 3.63) is 29.8 Å². The van der Waals surface area contributed by atoms with Crippen molar-refractivity contribution in [2.24, 2.45) is 5.92 Å². The lowest BCUT2D eigenvalue weighted by atomic mass is 9.99. The first kappa shape index (κ1) is 18.6. The molecule has 0 bridgehead atoms. The number of rotatable bonds is 6. The fraction of sp³-hybridized carbons (Fsp3) is 0.533. The summed E-state index contributed by atoms with van der Waals surface area (Å²) in [5.74, 6) is -2.49. The number of sulfonamides is 1. The summed E-state index contributed by atoms with van der Waals surface area (Å²) < 4.78 is 56.2. The van der Waals surface area contributed by atoms with E-state index in [1.54, 1.807) is 0 Å². The summed E-state index contributed by atoms with van der Waals surface area (Å²) in [4.78, 5) is 12.0. The lowest BCUT2D eigenvalue weighted by Crippen LogP contribution is -2.41. The molecule has 9 heteroatoms. The molecule has 1 fully saturated rings. The Kier molecular flexibility index (Phi) is 6.11. The molecule has 1 heterocycles. The van der Waals surface area contributed by atoms with Gasteiger partial charge in [-0.1, -0.05) is 0 Å². The quantitative estimate of drug-likeness (QED) is 0.827. The van der Waals surface area contributed by atoms with Crippen LogP contribution in [0, 0.1) is 17.6 Å². The first-order chi connectivity index (χ1) is 11.3. The molecule has 0 aliphatic carbocycles. The largest absolute Gasteiger partial charge is 0.381 e. The normalized spacial score (nSPS) is 16.0. The van der Waals surface area contributed by atoms with E-state index in [1.807, 2.05) is 0 Å². The van der Waals surface area contributed by atoms with Gasteiger partial charge in [0.25, 0.3) is 0 Å². The van der Waals surface area contributed by atoms with E-state index in [0.717, 1.165) is 22.7 Å². The minimum absolute atomic E-state index is 0.0108. The highest BCUT2D eigenvalue weighted by molar-refractivity contribution is 7.92. The Morgan fingerprint density at radius 2 is 1.96 bits per heavy atom. The molecular formula is C15H20F2N2O4S. The van der Waals surface area contributed by atoms with Crippen LogP contribution in [-0.4, -0.2) is 46.9 Å². The molecule has 0 radical (unpaired) electrons. The van der Waals surface area contributed by atoms with Crippen LogP contribution in [0.25, 0.3) is 0 Å². The topological polar surface area (TPSA) is 75.7 Å². The Hall–Kier alpha value is -1.74. The Morgan fingerprint density at radius 1 is 1.29 bits per heavy atom. The highest BCUT2D eigenvalue weighted by Crippen LogP contribution is 2.20. The second kappa shape index (κ2) is 7.89. The summed E-state index contributed by atoms with van der Waals surface area (Å²) in [6.45, 7) is 1.06. The van der Waals surface area contributed by atoms with Crippen molar-refractivity contribution in [3.63, 3.8) is 0 Å². The summed E-state index contributed by atoms with van der Waals surface area (Å²) in [5.41, 5.74) is 0.0108. The van der Waals surface area contributed by atoms with Gasteiger partial charge in [-0.25, -0.2) is 17.2 Å². The Bertz CT molecular complexity index is 691. The van der Waals surface area contributed by atoms with Crippen LogP contribution < -0.4 is 9.62 Å². The fourth-order valence-corrected chi connectivity index (χ4v) is 3.43. The van der Waals surface area contributed by atoms with Crippen molar-refractivity contribution in [3.8, 4) is 0 Å². The average molecular weight is 362 g/mol. The molecule has 0 spiro atoms. The molecule has 1 amide bonds. The zero-order valence-corrected chi connectivity index (χ0v) is 14.1. The van der Waals surface area contributed by atoms with Gasteiger partial charge in [0, 0.05) is 31.7 Å². The van der Waals surface area contributed by atoms with Crippen LogP contribution in [0.3, 0.4) is 0 Å². The molecule has 24 heavy (non-hydrogen) atoms. The van der Waals surface area contributed by atoms with Crippen molar-refractivity contribution in [1.29, 1.82) is 0 Å². The van der Waals surface area contributed by atoms with Gasteiger partial charge in [-0.15, -0.1) is 0 Å². The van der Waals surface area contributed by atoms with Crippen LogP contribution in [0.4, 0.5) is 14.5 Å². The zero-order chi connectivity index (χ0) is 17.7. The van der Waals surface area contributed by atoms with E-state index < -0.39 is 21.7 Å². The molecule has 6 nitrogen and oxygen atoms in total. The van der Waals surface area contributed by atoms with E-state index in [-0.39, 0.29) is 30.6 Å². The van der Waals surface area contributed by atoms with E-state index in [2.05, 4.69) is 5.32 Å². The Morgan fingerprint density at radius 3 is 2.54 bits per heavy atom. The first-order valence-electron chi connectivity index (χ1n) is 7.57. The molecule has 0 saturated carbocycles. The van der Waals surface area contributed by atoms with Crippen molar-refractivity contribution in [1.82, 2.24) is 5.32 Å². The van der Waals surface area contributed by atoms with Crippen molar-refractivity contribution in [2.75, 3.05) is 36.9 Å². The molecule has 2 rings (SSSR count). The predicted molar refractivity (Wildman–Crippen MR) is 85.1 cm³/mol. The lowest BCUT2D eigenvalue weighted by Gasteiger charge is -2.24. The zero-order valence-electron chi connectivity index (χ0n) is 13.3. The summed E-state index contributed by atoms with van der Waals surface area (Å²) >= 11 is 0. The number of hydrogen-bond acceptors (Lipinski definition) is 4. The van der Waals surface area contributed by atoms with Gasteiger partial charge in [-0.3, -0.25) is 9.10 Å². The van der Waals surface area contributed by atoms with E-state index in [1.165, 1.54) is 6.07 Å². The molecule has 1 N–H and O–H groups in total. The highest BCUT2D eigenvalue weighted by Gasteiger charge is 2.23. The maximum Gasteiger partial charge on any atom is 0.232 e. The Labute approximate surface area is 139 Å². The van der Waals surface area contributed by atoms with Crippen molar-refractivity contribution >= 4 is 21.6 Å². The second-order valence-electron chi connectivity index (χ2n) is 5.61. The maximum atomic E-state index is 13.3. The van der Waals surface area contributed by atoms with Gasteiger partial charge >= 0.3 is 0 Å². The monoisotopic (exact) mass is 362 g/mol. The number of nitrogens with zero attached hydrogens (tertiary/aromatic N) is 1. The standard InChI is InChI=1S/C15H20F2N2O4S/c1-24(21,22)19(12-2-3-13(16)14(17)10-12)7-6-18-15(20)11-4-8-23-9-5-11/h2-3,10-11H,4-9H2,1H3,(H,18,20). The van der Waals surface area contributed by atoms with Crippen LogP contribution in [0.1, 0.15) is 12.8 Å². The minimum Gasteiger partial charge on any atom is -0.381 e. The van der Waals surface area contributed by atoms with Crippen molar-refractivity contribution in [2.45, 2.75) is 12.8 Å². The summed E-state index contributed by atoms with van der Waals surface area (Å²) in [5, 5.41) is 2.68. The number of nitrogens with one attached hydrogen (secondary N) is 1. The number of ether oxygens (including phenoxy) is 1. The third kappa shape index (κ3) is 4.88. The number of amides is 1. The van der Waals surface area contributed by atoms with E-state index in [4.69, 9.17) is 4.74 Å². The van der Waals surface area contributed by atoms with E-state index in [0.29, 0.717) is 26.1 Å². The van der Waals surface area contributed by atoms with Gasteiger partial charge < -0.3 is 10.1 Å². The van der Waals surface area contributed by atoms with E-state index in [9.17, 15) is 22.0 Å². The number of halogens is 2. The molecule has 0 aromatic heterocycles. The van der Waals surface area contributed by atoms with Crippen LogP contribution in [0.15, 0.2) is 18.2 Å². The molecular weight excluding hydrogens is 342 g/mol. The van der Waals surface area contributed by atoms with Gasteiger partial charge in [0.15, 0.2) is 11.6 Å². The molecule has 1 aromatic carbocycles. The van der Waals surface area contributed by atoms with Gasteiger partial charge in [-0.2, -0.15) is 0 Å². The van der Waals surface area contributed by atoms with Gasteiger partial charge in [0.1, 0.15) is 0 Å². The van der Waals surface area contributed by atoms with Crippen LogP contribution in [-0.2, 0) is 19.6 Å². The first-order valence-corrected chi connectivity index (χ1v) is 9.42. The average Bonchev–Trinajstić information content (AvgIpc) is 2.54. The van der Waals surface area contributed by atoms with Crippen molar-refractivity contribution < 1.29 is 26.7 Å². The molecule has 1 aliphatic heterocycles. The molecule has 1 aromatic rings. The Balaban J connectivity index is 1.99. The number of carbonyl (C=O) groups excluding carboxylic acids is 1. The molecule has 134 valence electrons.